The molecule has 2 aromatic carbocycles. The third-order valence-electron chi connectivity index (χ3n) is 5.34. The molecular formula is C23H25N3O5. The van der Waals surface area contributed by atoms with Crippen LogP contribution in [-0.2, 0) is 0 Å². The maximum atomic E-state index is 13.3. The summed E-state index contributed by atoms with van der Waals surface area (Å²) < 4.78 is 21.7. The first-order valence-electron chi connectivity index (χ1n) is 9.94. The number of anilines is 1. The van der Waals surface area contributed by atoms with Crippen LogP contribution in [0.1, 0.15) is 34.8 Å². The molecule has 0 aliphatic heterocycles. The summed E-state index contributed by atoms with van der Waals surface area (Å²) in [5.74, 6) is 2.11. The van der Waals surface area contributed by atoms with E-state index in [2.05, 4.69) is 15.5 Å². The summed E-state index contributed by atoms with van der Waals surface area (Å²) in [6.45, 7) is 0. The van der Waals surface area contributed by atoms with Crippen molar-refractivity contribution in [2.75, 3.05) is 33.8 Å². The number of hydrogen-bond acceptors (Lipinski definition) is 6. The summed E-state index contributed by atoms with van der Waals surface area (Å²) in [5, 5.41) is 10.7. The zero-order valence-electron chi connectivity index (χ0n) is 17.9. The highest BCUT2D eigenvalue weighted by Crippen LogP contribution is 2.47. The lowest BCUT2D eigenvalue weighted by Crippen LogP contribution is -2.15. The Morgan fingerprint density at radius 3 is 2.23 bits per heavy atom. The fourth-order valence-corrected chi connectivity index (χ4v) is 3.59. The summed E-state index contributed by atoms with van der Waals surface area (Å²) in [4.78, 5) is 13.3. The van der Waals surface area contributed by atoms with Crippen LogP contribution in [0.5, 0.6) is 23.0 Å². The molecule has 162 valence electrons. The largest absolute Gasteiger partial charge is 0.497 e. The standard InChI is InChI=1S/C23H25N3O5/c1-28-14-10-11-15(18(12-14)31-4)21-22(20(25-26-21)13-8-9-13)24-23(27)19-16(29-2)6-5-7-17(19)30-3/h5-7,10-13H,8-9H2,1-4H3,(H,24,27)(H,25,26). The molecule has 31 heavy (non-hydrogen) atoms. The number of methoxy groups -OCH3 is 4. The van der Waals surface area contributed by atoms with Crippen LogP contribution >= 0.6 is 0 Å². The van der Waals surface area contributed by atoms with Crippen LogP contribution in [0, 0.1) is 0 Å². The number of benzene rings is 2. The van der Waals surface area contributed by atoms with Gasteiger partial charge in [0.15, 0.2) is 0 Å². The molecule has 1 fully saturated rings. The van der Waals surface area contributed by atoms with E-state index in [1.807, 2.05) is 12.1 Å². The van der Waals surface area contributed by atoms with Crippen LogP contribution in [0.25, 0.3) is 11.3 Å². The fourth-order valence-electron chi connectivity index (χ4n) is 3.59. The van der Waals surface area contributed by atoms with Crippen molar-refractivity contribution in [3.63, 3.8) is 0 Å². The van der Waals surface area contributed by atoms with Gasteiger partial charge in [0.25, 0.3) is 5.91 Å². The van der Waals surface area contributed by atoms with E-state index in [4.69, 9.17) is 18.9 Å². The molecule has 1 aromatic heterocycles. The van der Waals surface area contributed by atoms with Crippen LogP contribution in [0.2, 0.25) is 0 Å². The van der Waals surface area contributed by atoms with Crippen LogP contribution < -0.4 is 24.3 Å². The van der Waals surface area contributed by atoms with Gasteiger partial charge >= 0.3 is 0 Å². The molecular weight excluding hydrogens is 398 g/mol. The average molecular weight is 423 g/mol. The van der Waals surface area contributed by atoms with Crippen molar-refractivity contribution < 1.29 is 23.7 Å². The lowest BCUT2D eigenvalue weighted by Gasteiger charge is -2.15. The minimum atomic E-state index is -0.341. The topological polar surface area (TPSA) is 94.7 Å². The van der Waals surface area contributed by atoms with E-state index >= 15 is 0 Å². The zero-order chi connectivity index (χ0) is 22.0. The molecule has 0 bridgehead atoms. The first-order valence-corrected chi connectivity index (χ1v) is 9.94. The van der Waals surface area contributed by atoms with Gasteiger partial charge in [-0.1, -0.05) is 6.07 Å². The van der Waals surface area contributed by atoms with E-state index in [9.17, 15) is 4.79 Å². The predicted molar refractivity (Wildman–Crippen MR) is 117 cm³/mol. The molecule has 1 aliphatic carbocycles. The van der Waals surface area contributed by atoms with Crippen molar-refractivity contribution in [3.8, 4) is 34.3 Å². The Hall–Kier alpha value is -3.68. The first-order chi connectivity index (χ1) is 15.1. The Balaban J connectivity index is 1.78. The van der Waals surface area contributed by atoms with Crippen LogP contribution in [0.3, 0.4) is 0 Å². The van der Waals surface area contributed by atoms with E-state index in [1.165, 1.54) is 14.2 Å². The number of hydrogen-bond donors (Lipinski definition) is 2. The molecule has 2 N–H and O–H groups in total. The number of aromatic amines is 1. The predicted octanol–water partition coefficient (Wildman–Crippen LogP) is 4.24. The number of carbonyl (C=O) groups is 1. The van der Waals surface area contributed by atoms with Crippen LogP contribution in [0.4, 0.5) is 5.69 Å². The smallest absolute Gasteiger partial charge is 0.263 e. The molecule has 8 heteroatoms. The second-order valence-electron chi connectivity index (χ2n) is 7.19. The Morgan fingerprint density at radius 1 is 0.968 bits per heavy atom. The number of rotatable bonds is 8. The number of nitrogens with one attached hydrogen (secondary N) is 2. The minimum absolute atomic E-state index is 0.322. The molecule has 1 heterocycles. The van der Waals surface area contributed by atoms with Crippen molar-refractivity contribution in [1.29, 1.82) is 0 Å². The Labute approximate surface area is 180 Å². The van der Waals surface area contributed by atoms with Gasteiger partial charge < -0.3 is 24.3 Å². The number of aromatic nitrogens is 2. The van der Waals surface area contributed by atoms with Gasteiger partial charge in [-0.2, -0.15) is 5.10 Å². The van der Waals surface area contributed by atoms with Crippen molar-refractivity contribution in [1.82, 2.24) is 10.2 Å². The Kier molecular flexibility index (Phi) is 5.70. The third kappa shape index (κ3) is 3.88. The summed E-state index contributed by atoms with van der Waals surface area (Å²) in [7, 11) is 6.23. The third-order valence-corrected chi connectivity index (χ3v) is 5.34. The fraction of sp³-hybridized carbons (Fsp3) is 0.304. The second-order valence-corrected chi connectivity index (χ2v) is 7.19. The van der Waals surface area contributed by atoms with E-state index in [0.29, 0.717) is 45.9 Å². The monoisotopic (exact) mass is 423 g/mol. The van der Waals surface area contributed by atoms with Crippen LogP contribution in [-0.4, -0.2) is 44.5 Å². The Bertz CT molecular complexity index is 1080. The zero-order valence-corrected chi connectivity index (χ0v) is 17.9. The molecule has 1 saturated carbocycles. The molecule has 8 nitrogen and oxygen atoms in total. The second kappa shape index (κ2) is 8.59. The van der Waals surface area contributed by atoms with Gasteiger partial charge in [0, 0.05) is 17.5 Å². The minimum Gasteiger partial charge on any atom is -0.497 e. The molecule has 1 aliphatic rings. The normalized spacial score (nSPS) is 12.9. The molecule has 4 rings (SSSR count). The van der Waals surface area contributed by atoms with E-state index in [-0.39, 0.29) is 5.91 Å². The number of H-pyrrole nitrogens is 1. The van der Waals surface area contributed by atoms with Crippen molar-refractivity contribution in [2.45, 2.75) is 18.8 Å². The average Bonchev–Trinajstić information content (AvgIpc) is 3.58. The highest BCUT2D eigenvalue weighted by atomic mass is 16.5. The number of ether oxygens (including phenoxy) is 4. The number of carbonyl (C=O) groups excluding carboxylic acids is 1. The van der Waals surface area contributed by atoms with E-state index in [1.54, 1.807) is 38.5 Å². The van der Waals surface area contributed by atoms with E-state index < -0.39 is 0 Å². The van der Waals surface area contributed by atoms with Crippen molar-refractivity contribution >= 4 is 11.6 Å². The summed E-state index contributed by atoms with van der Waals surface area (Å²) in [5.41, 5.74) is 3.19. The maximum absolute atomic E-state index is 13.3. The van der Waals surface area contributed by atoms with Gasteiger partial charge in [0.2, 0.25) is 0 Å². The summed E-state index contributed by atoms with van der Waals surface area (Å²) in [6, 6.07) is 10.7. The van der Waals surface area contributed by atoms with Crippen LogP contribution in [0.15, 0.2) is 36.4 Å². The molecule has 0 saturated heterocycles. The van der Waals surface area contributed by atoms with E-state index in [0.717, 1.165) is 24.1 Å². The van der Waals surface area contributed by atoms with Crippen molar-refractivity contribution in [3.05, 3.63) is 47.7 Å². The van der Waals surface area contributed by atoms with Gasteiger partial charge in [-0.05, 0) is 37.1 Å². The summed E-state index contributed by atoms with van der Waals surface area (Å²) in [6.07, 6.45) is 2.09. The first kappa shape index (κ1) is 20.6. The molecule has 0 radical (unpaired) electrons. The van der Waals surface area contributed by atoms with Gasteiger partial charge in [-0.15, -0.1) is 0 Å². The van der Waals surface area contributed by atoms with Gasteiger partial charge in [-0.25, -0.2) is 0 Å². The maximum Gasteiger partial charge on any atom is 0.263 e. The van der Waals surface area contributed by atoms with Gasteiger partial charge in [0.05, 0.1) is 39.8 Å². The Morgan fingerprint density at radius 2 is 1.65 bits per heavy atom. The SMILES string of the molecule is COc1ccc(-c2n[nH]c(C3CC3)c2NC(=O)c2c(OC)cccc2OC)c(OC)c1. The summed E-state index contributed by atoms with van der Waals surface area (Å²) >= 11 is 0. The van der Waals surface area contributed by atoms with Gasteiger partial charge in [-0.3, -0.25) is 9.89 Å². The molecule has 0 unspecified atom stereocenters. The number of amides is 1. The highest BCUT2D eigenvalue weighted by Gasteiger charge is 2.32. The quantitative estimate of drug-likeness (QED) is 0.563. The molecule has 0 atom stereocenters. The van der Waals surface area contributed by atoms with Crippen molar-refractivity contribution in [2.24, 2.45) is 0 Å². The molecule has 1 amide bonds. The van der Waals surface area contributed by atoms with Gasteiger partial charge in [0.1, 0.15) is 34.3 Å². The highest BCUT2D eigenvalue weighted by molar-refractivity contribution is 6.10. The lowest BCUT2D eigenvalue weighted by molar-refractivity contribution is 0.102. The molecule has 0 spiro atoms. The lowest BCUT2D eigenvalue weighted by atomic mass is 10.1. The molecule has 3 aromatic rings. The number of nitrogens with zero attached hydrogens (tertiary/aromatic N) is 1.